The number of aromatic nitrogens is 2. The Morgan fingerprint density at radius 1 is 1.20 bits per heavy atom. The first-order chi connectivity index (χ1) is 9.47. The van der Waals surface area contributed by atoms with Crippen molar-refractivity contribution in [3.63, 3.8) is 0 Å². The number of benzene rings is 1. The minimum Gasteiger partial charge on any atom is -0.312 e. The maximum Gasteiger partial charge on any atom is 0.123 e. The van der Waals surface area contributed by atoms with Crippen molar-refractivity contribution in [3.05, 3.63) is 41.3 Å². The molecule has 0 atom stereocenters. The molecule has 0 amide bonds. The van der Waals surface area contributed by atoms with Crippen LogP contribution in [-0.4, -0.2) is 16.3 Å². The average Bonchev–Trinajstić information content (AvgIpc) is 2.79. The van der Waals surface area contributed by atoms with Crippen molar-refractivity contribution in [2.75, 3.05) is 6.54 Å². The Labute approximate surface area is 118 Å². The summed E-state index contributed by atoms with van der Waals surface area (Å²) in [6, 6.07) is 6.60. The topological polar surface area (TPSA) is 29.9 Å². The molecule has 0 saturated carbocycles. The van der Waals surface area contributed by atoms with Crippen molar-refractivity contribution in [1.82, 2.24) is 15.1 Å². The molecule has 4 heteroatoms. The van der Waals surface area contributed by atoms with Gasteiger partial charge in [0.15, 0.2) is 0 Å². The lowest BCUT2D eigenvalue weighted by Crippen LogP contribution is -2.30. The second-order valence-electron chi connectivity index (χ2n) is 6.29. The smallest absolute Gasteiger partial charge is 0.123 e. The molecule has 1 aliphatic heterocycles. The molecule has 1 aromatic heterocycles. The molecule has 3 nitrogen and oxygen atoms in total. The molecular formula is C16H20FN3. The molecule has 0 saturated heterocycles. The van der Waals surface area contributed by atoms with Crippen molar-refractivity contribution in [3.8, 4) is 11.3 Å². The number of hydrogen-bond donors (Lipinski definition) is 1. The zero-order valence-electron chi connectivity index (χ0n) is 12.2. The first-order valence-electron chi connectivity index (χ1n) is 7.05. The predicted molar refractivity (Wildman–Crippen MR) is 78.0 cm³/mol. The maximum absolute atomic E-state index is 13.1. The van der Waals surface area contributed by atoms with Crippen molar-refractivity contribution in [2.24, 2.45) is 0 Å². The van der Waals surface area contributed by atoms with Crippen molar-refractivity contribution >= 4 is 0 Å². The van der Waals surface area contributed by atoms with E-state index in [9.17, 15) is 4.39 Å². The highest BCUT2D eigenvalue weighted by atomic mass is 19.1. The SMILES string of the molecule is CC(C)(C)n1nc(-c2ccc(F)cc2)c2c1CCNC2. The summed E-state index contributed by atoms with van der Waals surface area (Å²) in [5.74, 6) is -0.212. The fourth-order valence-corrected chi connectivity index (χ4v) is 2.74. The monoisotopic (exact) mass is 273 g/mol. The van der Waals surface area contributed by atoms with Crippen LogP contribution in [0.3, 0.4) is 0 Å². The lowest BCUT2D eigenvalue weighted by molar-refractivity contribution is 0.340. The van der Waals surface area contributed by atoms with Crippen LogP contribution >= 0.6 is 0 Å². The number of fused-ring (bicyclic) bond motifs is 1. The summed E-state index contributed by atoms with van der Waals surface area (Å²) < 4.78 is 15.2. The van der Waals surface area contributed by atoms with Crippen molar-refractivity contribution < 1.29 is 4.39 Å². The number of nitrogens with one attached hydrogen (secondary N) is 1. The van der Waals surface area contributed by atoms with Crippen LogP contribution in [0.5, 0.6) is 0 Å². The Hall–Kier alpha value is -1.68. The third kappa shape index (κ3) is 2.24. The highest BCUT2D eigenvalue weighted by Gasteiger charge is 2.26. The lowest BCUT2D eigenvalue weighted by Gasteiger charge is -2.24. The fraction of sp³-hybridized carbons (Fsp3) is 0.438. The number of halogens is 1. The first kappa shape index (κ1) is 13.3. The number of rotatable bonds is 1. The number of hydrogen-bond acceptors (Lipinski definition) is 2. The van der Waals surface area contributed by atoms with E-state index in [2.05, 4.69) is 30.8 Å². The molecule has 0 aliphatic carbocycles. The van der Waals surface area contributed by atoms with Gasteiger partial charge in [-0.25, -0.2) is 4.39 Å². The van der Waals surface area contributed by atoms with Gasteiger partial charge in [0.1, 0.15) is 5.82 Å². The largest absolute Gasteiger partial charge is 0.312 e. The van der Waals surface area contributed by atoms with Gasteiger partial charge in [-0.1, -0.05) is 0 Å². The van der Waals surface area contributed by atoms with Crippen LogP contribution in [0, 0.1) is 5.82 Å². The first-order valence-corrected chi connectivity index (χ1v) is 7.05. The van der Waals surface area contributed by atoms with Crippen LogP contribution in [0.1, 0.15) is 32.0 Å². The van der Waals surface area contributed by atoms with E-state index in [-0.39, 0.29) is 11.4 Å². The molecule has 3 rings (SSSR count). The van der Waals surface area contributed by atoms with Gasteiger partial charge in [-0.05, 0) is 45.0 Å². The van der Waals surface area contributed by atoms with Gasteiger partial charge in [0.05, 0.1) is 11.2 Å². The summed E-state index contributed by atoms with van der Waals surface area (Å²) in [4.78, 5) is 0. The standard InChI is InChI=1S/C16H20FN3/c1-16(2,3)20-14-8-9-18-10-13(14)15(19-20)11-4-6-12(17)7-5-11/h4-7,18H,8-10H2,1-3H3. The second-order valence-corrected chi connectivity index (χ2v) is 6.29. The molecule has 1 aromatic carbocycles. The van der Waals surface area contributed by atoms with Crippen LogP contribution in [0.25, 0.3) is 11.3 Å². The van der Waals surface area contributed by atoms with E-state index < -0.39 is 0 Å². The Morgan fingerprint density at radius 3 is 2.55 bits per heavy atom. The highest BCUT2D eigenvalue weighted by molar-refractivity contribution is 5.64. The minimum absolute atomic E-state index is 0.0420. The van der Waals surface area contributed by atoms with E-state index in [1.54, 1.807) is 12.1 Å². The normalized spacial score (nSPS) is 15.2. The Morgan fingerprint density at radius 2 is 1.90 bits per heavy atom. The number of nitrogens with zero attached hydrogens (tertiary/aromatic N) is 2. The van der Waals surface area contributed by atoms with Gasteiger partial charge < -0.3 is 5.32 Å². The summed E-state index contributed by atoms with van der Waals surface area (Å²) in [5, 5.41) is 8.22. The van der Waals surface area contributed by atoms with Crippen LogP contribution in [-0.2, 0) is 18.5 Å². The van der Waals surface area contributed by atoms with Crippen LogP contribution in [0.4, 0.5) is 4.39 Å². The van der Waals surface area contributed by atoms with Crippen LogP contribution in [0.2, 0.25) is 0 Å². The van der Waals surface area contributed by atoms with Gasteiger partial charge in [0, 0.05) is 36.3 Å². The van der Waals surface area contributed by atoms with Gasteiger partial charge in [-0.15, -0.1) is 0 Å². The Kier molecular flexibility index (Phi) is 3.13. The molecule has 0 fully saturated rings. The molecule has 0 unspecified atom stereocenters. The van der Waals surface area contributed by atoms with Gasteiger partial charge in [0.25, 0.3) is 0 Å². The second kappa shape index (κ2) is 4.70. The Bertz CT molecular complexity index is 620. The van der Waals surface area contributed by atoms with E-state index in [1.165, 1.54) is 23.4 Å². The van der Waals surface area contributed by atoms with Crippen LogP contribution in [0.15, 0.2) is 24.3 Å². The average molecular weight is 273 g/mol. The Balaban J connectivity index is 2.16. The van der Waals surface area contributed by atoms with E-state index in [4.69, 9.17) is 5.10 Å². The summed E-state index contributed by atoms with van der Waals surface area (Å²) in [6.45, 7) is 8.31. The molecule has 1 N–H and O–H groups in total. The van der Waals surface area contributed by atoms with E-state index >= 15 is 0 Å². The minimum atomic E-state index is -0.212. The molecule has 0 bridgehead atoms. The summed E-state index contributed by atoms with van der Waals surface area (Å²) in [5.41, 5.74) is 4.46. The molecule has 0 radical (unpaired) electrons. The van der Waals surface area contributed by atoms with E-state index in [1.807, 2.05) is 0 Å². The maximum atomic E-state index is 13.1. The summed E-state index contributed by atoms with van der Waals surface area (Å²) in [7, 11) is 0. The van der Waals surface area contributed by atoms with Gasteiger partial charge in [-0.3, -0.25) is 4.68 Å². The van der Waals surface area contributed by atoms with Gasteiger partial charge >= 0.3 is 0 Å². The van der Waals surface area contributed by atoms with Crippen molar-refractivity contribution in [2.45, 2.75) is 39.3 Å². The zero-order chi connectivity index (χ0) is 14.3. The third-order valence-corrected chi connectivity index (χ3v) is 3.68. The summed E-state index contributed by atoms with van der Waals surface area (Å²) in [6.07, 6.45) is 0.987. The third-order valence-electron chi connectivity index (χ3n) is 3.68. The molecule has 20 heavy (non-hydrogen) atoms. The van der Waals surface area contributed by atoms with Gasteiger partial charge in [0.2, 0.25) is 0 Å². The van der Waals surface area contributed by atoms with Gasteiger partial charge in [-0.2, -0.15) is 5.10 Å². The highest BCUT2D eigenvalue weighted by Crippen LogP contribution is 2.31. The molecule has 2 heterocycles. The molecule has 2 aromatic rings. The predicted octanol–water partition coefficient (Wildman–Crippen LogP) is 3.09. The van der Waals surface area contributed by atoms with Crippen LogP contribution < -0.4 is 5.32 Å². The fourth-order valence-electron chi connectivity index (χ4n) is 2.74. The summed E-state index contributed by atoms with van der Waals surface area (Å²) >= 11 is 0. The quantitative estimate of drug-likeness (QED) is 0.865. The zero-order valence-corrected chi connectivity index (χ0v) is 12.2. The van der Waals surface area contributed by atoms with Crippen molar-refractivity contribution in [1.29, 1.82) is 0 Å². The van der Waals surface area contributed by atoms with E-state index in [0.29, 0.717) is 0 Å². The molecule has 0 spiro atoms. The molecule has 106 valence electrons. The molecular weight excluding hydrogens is 253 g/mol. The lowest BCUT2D eigenvalue weighted by atomic mass is 10.0. The van der Waals surface area contributed by atoms with E-state index in [0.717, 1.165) is 30.8 Å². The molecule has 1 aliphatic rings.